The molecular weight excluding hydrogens is 690 g/mol. The van der Waals surface area contributed by atoms with Crippen molar-refractivity contribution >= 4 is 26.6 Å². The van der Waals surface area contributed by atoms with Crippen LogP contribution in [-0.4, -0.2) is 34.9 Å². The Bertz CT molecular complexity index is 2030. The van der Waals surface area contributed by atoms with Gasteiger partial charge in [-0.15, -0.1) is 0 Å². The fraction of sp³-hybridized carbons (Fsp3) is 0.324. The summed E-state index contributed by atoms with van der Waals surface area (Å²) in [5, 5.41) is 3.56. The van der Waals surface area contributed by atoms with Gasteiger partial charge < -0.3 is 10.1 Å². The highest BCUT2D eigenvalue weighted by molar-refractivity contribution is 7.90. The SMILES string of the molecule is CC(C)c1ccc(-c2cccc([SH](=O)=O)c2C2CC[C@@H](c3cccc(OC(C)(C)C(=O)NS(=O)(=O)c4ccc(C(F)(F)F)cc4)c3)CN2)cc1. The molecule has 4 aromatic carbocycles. The van der Waals surface area contributed by atoms with Gasteiger partial charge in [0, 0.05) is 12.6 Å². The number of hydrogen-bond donors (Lipinski definition) is 3. The Labute approximate surface area is 292 Å². The molecule has 5 rings (SSSR count). The van der Waals surface area contributed by atoms with Gasteiger partial charge in [0.25, 0.3) is 15.9 Å². The highest BCUT2D eigenvalue weighted by Gasteiger charge is 2.35. The molecule has 1 heterocycles. The predicted octanol–water partition coefficient (Wildman–Crippen LogP) is 7.34. The molecule has 1 aliphatic rings. The maximum Gasteiger partial charge on any atom is 0.416 e. The lowest BCUT2D eigenvalue weighted by atomic mass is 9.84. The average molecular weight is 729 g/mol. The second kappa shape index (κ2) is 14.6. The number of sulfonamides is 1. The van der Waals surface area contributed by atoms with Crippen molar-refractivity contribution in [2.45, 2.75) is 80.0 Å². The molecule has 0 bridgehead atoms. The van der Waals surface area contributed by atoms with E-state index in [9.17, 15) is 34.8 Å². The molecule has 4 aromatic rings. The van der Waals surface area contributed by atoms with Gasteiger partial charge in [-0.05, 0) is 109 Å². The molecule has 1 unspecified atom stereocenters. The molecule has 1 fully saturated rings. The standard InChI is InChI=1S/C37H39F3N2O6S2/c1-23(2)24-11-13-25(14-12-24)31-9-6-10-33(49(44)45)34(31)32-20-15-27(22-41-32)26-7-5-8-29(21-26)48-36(3,4)35(43)42-50(46,47)30-18-16-28(17-19-30)37(38,39)40/h5-14,16-19,21,23,27,32,41,49H,15,20,22H2,1-4H3,(H,42,43)/t27-,32?/m1/s1. The highest BCUT2D eigenvalue weighted by Crippen LogP contribution is 2.39. The van der Waals surface area contributed by atoms with Gasteiger partial charge in [-0.2, -0.15) is 13.2 Å². The topological polar surface area (TPSA) is 119 Å². The van der Waals surface area contributed by atoms with Crippen molar-refractivity contribution in [2.75, 3.05) is 6.54 Å². The number of benzene rings is 4. The van der Waals surface area contributed by atoms with Crippen LogP contribution in [-0.2, 0) is 31.7 Å². The first kappa shape index (κ1) is 37.1. The van der Waals surface area contributed by atoms with Crippen LogP contribution in [0, 0.1) is 0 Å². The number of alkyl halides is 3. The fourth-order valence-corrected chi connectivity index (χ4v) is 7.85. The molecule has 2 atom stereocenters. The van der Waals surface area contributed by atoms with Gasteiger partial charge in [-0.3, -0.25) is 4.79 Å². The Hall–Kier alpha value is -4.20. The first-order valence-corrected chi connectivity index (χ1v) is 18.8. The normalized spacial score (nSPS) is 17.1. The third-order valence-electron chi connectivity index (χ3n) is 8.90. The van der Waals surface area contributed by atoms with Crippen molar-refractivity contribution in [3.8, 4) is 16.9 Å². The Morgan fingerprint density at radius 3 is 2.16 bits per heavy atom. The first-order valence-electron chi connectivity index (χ1n) is 16.1. The number of rotatable bonds is 10. The predicted molar refractivity (Wildman–Crippen MR) is 185 cm³/mol. The summed E-state index contributed by atoms with van der Waals surface area (Å²) in [7, 11) is -7.32. The molecule has 8 nitrogen and oxygen atoms in total. The Kier molecular flexibility index (Phi) is 10.8. The van der Waals surface area contributed by atoms with E-state index in [0.29, 0.717) is 36.8 Å². The lowest BCUT2D eigenvalue weighted by molar-refractivity contribution is -0.137. The van der Waals surface area contributed by atoms with Crippen molar-refractivity contribution in [1.82, 2.24) is 10.0 Å². The molecule has 2 N–H and O–H groups in total. The van der Waals surface area contributed by atoms with E-state index in [0.717, 1.165) is 40.8 Å². The van der Waals surface area contributed by atoms with Crippen molar-refractivity contribution in [3.05, 3.63) is 113 Å². The van der Waals surface area contributed by atoms with Crippen LogP contribution < -0.4 is 14.8 Å². The van der Waals surface area contributed by atoms with E-state index < -0.39 is 48.9 Å². The van der Waals surface area contributed by atoms with Gasteiger partial charge in [0.05, 0.1) is 15.4 Å². The molecule has 1 saturated heterocycles. The van der Waals surface area contributed by atoms with E-state index in [1.165, 1.54) is 19.4 Å². The summed E-state index contributed by atoms with van der Waals surface area (Å²) in [6, 6.07) is 23.2. The van der Waals surface area contributed by atoms with Crippen molar-refractivity contribution in [2.24, 2.45) is 0 Å². The summed E-state index contributed by atoms with van der Waals surface area (Å²) in [6.45, 7) is 7.55. The van der Waals surface area contributed by atoms with Crippen LogP contribution in [0.25, 0.3) is 11.1 Å². The van der Waals surface area contributed by atoms with E-state index in [1.807, 2.05) is 29.0 Å². The number of carbonyl (C=O) groups excluding carboxylic acids is 1. The monoisotopic (exact) mass is 728 g/mol. The number of piperidine rings is 1. The second-order valence-corrected chi connectivity index (χ2v) is 15.8. The Balaban J connectivity index is 1.28. The van der Waals surface area contributed by atoms with E-state index in [4.69, 9.17) is 4.74 Å². The van der Waals surface area contributed by atoms with Crippen LogP contribution >= 0.6 is 0 Å². The molecule has 0 saturated carbocycles. The summed E-state index contributed by atoms with van der Waals surface area (Å²) >= 11 is 0. The van der Waals surface area contributed by atoms with Crippen LogP contribution in [0.1, 0.15) is 80.7 Å². The second-order valence-electron chi connectivity index (χ2n) is 13.1. The van der Waals surface area contributed by atoms with Crippen LogP contribution in [0.3, 0.4) is 0 Å². The van der Waals surface area contributed by atoms with Crippen molar-refractivity contribution in [3.63, 3.8) is 0 Å². The zero-order chi connectivity index (χ0) is 36.4. The first-order chi connectivity index (χ1) is 23.5. The van der Waals surface area contributed by atoms with Gasteiger partial charge in [-0.25, -0.2) is 21.6 Å². The molecule has 1 aliphatic heterocycles. The van der Waals surface area contributed by atoms with Crippen LogP contribution in [0.15, 0.2) is 101 Å². The average Bonchev–Trinajstić information content (AvgIpc) is 3.07. The molecule has 50 heavy (non-hydrogen) atoms. The van der Waals surface area contributed by atoms with Gasteiger partial charge in [0.2, 0.25) is 0 Å². The summed E-state index contributed by atoms with van der Waals surface area (Å²) in [6.07, 6.45) is -3.25. The van der Waals surface area contributed by atoms with Gasteiger partial charge in [0.1, 0.15) is 5.75 Å². The summed E-state index contributed by atoms with van der Waals surface area (Å²) < 4.78 is 96.9. The van der Waals surface area contributed by atoms with Crippen molar-refractivity contribution in [1.29, 1.82) is 0 Å². The van der Waals surface area contributed by atoms with Gasteiger partial charge in [0.15, 0.2) is 16.3 Å². The summed E-state index contributed by atoms with van der Waals surface area (Å²) in [5.74, 6) is -0.284. The molecule has 0 spiro atoms. The number of carbonyl (C=O) groups is 1. The zero-order valence-corrected chi connectivity index (χ0v) is 29.7. The molecule has 266 valence electrons. The van der Waals surface area contributed by atoms with E-state index >= 15 is 0 Å². The summed E-state index contributed by atoms with van der Waals surface area (Å²) in [4.78, 5) is 12.8. The largest absolute Gasteiger partial charge is 0.478 e. The number of ether oxygens (including phenoxy) is 1. The number of amides is 1. The highest BCUT2D eigenvalue weighted by atomic mass is 32.2. The van der Waals surface area contributed by atoms with E-state index in [-0.39, 0.29) is 16.9 Å². The van der Waals surface area contributed by atoms with Crippen LogP contribution in [0.4, 0.5) is 13.2 Å². The quantitative estimate of drug-likeness (QED) is 0.146. The lowest BCUT2D eigenvalue weighted by Gasteiger charge is -2.32. The van der Waals surface area contributed by atoms with E-state index in [1.54, 1.807) is 30.3 Å². The summed E-state index contributed by atoms with van der Waals surface area (Å²) in [5.41, 5.74) is 1.97. The maximum absolute atomic E-state index is 13.0. The molecule has 0 aromatic heterocycles. The Morgan fingerprint density at radius 2 is 1.58 bits per heavy atom. The number of halogens is 3. The number of hydrogen-bond acceptors (Lipinski definition) is 7. The fourth-order valence-electron chi connectivity index (χ4n) is 6.07. The van der Waals surface area contributed by atoms with Crippen molar-refractivity contribution < 1.29 is 39.5 Å². The Morgan fingerprint density at radius 1 is 0.920 bits per heavy atom. The molecule has 1 amide bonds. The minimum absolute atomic E-state index is 0.0359. The lowest BCUT2D eigenvalue weighted by Crippen LogP contribution is -2.48. The van der Waals surface area contributed by atoms with Crippen LogP contribution in [0.2, 0.25) is 0 Å². The van der Waals surface area contributed by atoms with E-state index in [2.05, 4.69) is 31.3 Å². The minimum atomic E-state index is -4.64. The maximum atomic E-state index is 13.0. The minimum Gasteiger partial charge on any atom is -0.478 e. The zero-order valence-electron chi connectivity index (χ0n) is 28.0. The molecule has 13 heteroatoms. The molecule has 0 radical (unpaired) electrons. The molecular formula is C37H39F3N2O6S2. The van der Waals surface area contributed by atoms with Gasteiger partial charge >= 0.3 is 6.18 Å². The smallest absolute Gasteiger partial charge is 0.416 e. The number of thiol groups is 1. The third kappa shape index (κ3) is 8.39. The van der Waals surface area contributed by atoms with Crippen LogP contribution in [0.5, 0.6) is 5.75 Å². The number of nitrogens with one attached hydrogen (secondary N) is 2. The molecule has 0 aliphatic carbocycles. The van der Waals surface area contributed by atoms with Gasteiger partial charge in [-0.1, -0.05) is 62.4 Å². The third-order valence-corrected chi connectivity index (χ3v) is 11.0.